The third-order valence-electron chi connectivity index (χ3n) is 4.41. The Morgan fingerprint density at radius 2 is 1.96 bits per heavy atom. The van der Waals surface area contributed by atoms with E-state index in [4.69, 9.17) is 9.47 Å². The summed E-state index contributed by atoms with van der Waals surface area (Å²) >= 11 is 1.52. The molecule has 2 aromatic rings. The van der Waals surface area contributed by atoms with Crippen LogP contribution >= 0.6 is 11.3 Å². The molecule has 0 unspecified atom stereocenters. The summed E-state index contributed by atoms with van der Waals surface area (Å²) < 4.78 is 10.7. The van der Waals surface area contributed by atoms with Crippen molar-refractivity contribution in [1.29, 1.82) is 0 Å². The van der Waals surface area contributed by atoms with Crippen LogP contribution in [0.3, 0.4) is 0 Å². The molecule has 6 heteroatoms. The van der Waals surface area contributed by atoms with E-state index >= 15 is 0 Å². The van der Waals surface area contributed by atoms with Gasteiger partial charge in [-0.1, -0.05) is 12.1 Å². The third kappa shape index (κ3) is 4.60. The fourth-order valence-corrected chi connectivity index (χ4v) is 3.79. The van der Waals surface area contributed by atoms with Gasteiger partial charge in [-0.25, -0.2) is 0 Å². The number of aryl methyl sites for hydroxylation is 1. The molecule has 25 heavy (non-hydrogen) atoms. The first kappa shape index (κ1) is 17.9. The third-order valence-corrected chi connectivity index (χ3v) is 5.41. The Morgan fingerprint density at radius 1 is 1.24 bits per heavy atom. The largest absolute Gasteiger partial charge is 0.497 e. The topological polar surface area (TPSA) is 50.8 Å². The molecule has 134 valence electrons. The van der Waals surface area contributed by atoms with Crippen LogP contribution in [0, 0.1) is 6.92 Å². The average Bonchev–Trinajstić information content (AvgIpc) is 3.10. The summed E-state index contributed by atoms with van der Waals surface area (Å²) in [6.07, 6.45) is 0. The summed E-state index contributed by atoms with van der Waals surface area (Å²) in [5, 5.41) is 3.09. The van der Waals surface area contributed by atoms with Gasteiger partial charge >= 0.3 is 0 Å². The number of ether oxygens (including phenoxy) is 2. The Kier molecular flexibility index (Phi) is 6.07. The molecule has 0 radical (unpaired) electrons. The molecule has 1 N–H and O–H groups in total. The van der Waals surface area contributed by atoms with E-state index in [-0.39, 0.29) is 11.9 Å². The number of methoxy groups -OCH3 is 1. The molecular weight excluding hydrogens is 336 g/mol. The van der Waals surface area contributed by atoms with Gasteiger partial charge in [0.2, 0.25) is 0 Å². The van der Waals surface area contributed by atoms with Crippen LogP contribution in [0.5, 0.6) is 5.75 Å². The lowest BCUT2D eigenvalue weighted by Gasteiger charge is -2.35. The summed E-state index contributed by atoms with van der Waals surface area (Å²) in [6.45, 7) is 5.77. The molecule has 0 spiro atoms. The highest BCUT2D eigenvalue weighted by Crippen LogP contribution is 2.24. The van der Waals surface area contributed by atoms with Crippen LogP contribution in [-0.2, 0) is 4.74 Å². The monoisotopic (exact) mass is 360 g/mol. The van der Waals surface area contributed by atoms with Crippen LogP contribution in [0.15, 0.2) is 36.4 Å². The van der Waals surface area contributed by atoms with Crippen molar-refractivity contribution in [2.45, 2.75) is 13.0 Å². The van der Waals surface area contributed by atoms with Gasteiger partial charge in [0.05, 0.1) is 31.2 Å². The minimum atomic E-state index is -0.00938. The minimum Gasteiger partial charge on any atom is -0.497 e. The average molecular weight is 360 g/mol. The first-order valence-corrected chi connectivity index (χ1v) is 9.29. The summed E-state index contributed by atoms with van der Waals surface area (Å²) in [5.74, 6) is 0.826. The highest BCUT2D eigenvalue weighted by Gasteiger charge is 2.23. The molecule has 1 fully saturated rings. The lowest BCUT2D eigenvalue weighted by Crippen LogP contribution is -2.43. The van der Waals surface area contributed by atoms with Gasteiger partial charge in [0, 0.05) is 24.5 Å². The second-order valence-electron chi connectivity index (χ2n) is 6.06. The van der Waals surface area contributed by atoms with Gasteiger partial charge < -0.3 is 14.8 Å². The highest BCUT2D eigenvalue weighted by atomic mass is 32.1. The zero-order valence-corrected chi connectivity index (χ0v) is 15.5. The van der Waals surface area contributed by atoms with Gasteiger partial charge in [-0.15, -0.1) is 11.3 Å². The number of morpholine rings is 1. The van der Waals surface area contributed by atoms with Gasteiger partial charge in [0.1, 0.15) is 5.75 Å². The van der Waals surface area contributed by atoms with Crippen LogP contribution in [0.4, 0.5) is 0 Å². The van der Waals surface area contributed by atoms with Crippen molar-refractivity contribution in [3.63, 3.8) is 0 Å². The molecule has 1 aromatic carbocycles. The Morgan fingerprint density at radius 3 is 2.56 bits per heavy atom. The van der Waals surface area contributed by atoms with Crippen LogP contribution < -0.4 is 10.1 Å². The number of hydrogen-bond donors (Lipinski definition) is 1. The zero-order chi connectivity index (χ0) is 17.6. The van der Waals surface area contributed by atoms with E-state index in [9.17, 15) is 4.79 Å². The molecule has 1 aromatic heterocycles. The van der Waals surface area contributed by atoms with Gasteiger partial charge in [-0.05, 0) is 36.8 Å². The number of nitrogens with one attached hydrogen (secondary N) is 1. The lowest BCUT2D eigenvalue weighted by atomic mass is 10.0. The number of amides is 1. The van der Waals surface area contributed by atoms with Crippen molar-refractivity contribution >= 4 is 17.2 Å². The molecule has 1 amide bonds. The van der Waals surface area contributed by atoms with Crippen molar-refractivity contribution in [2.24, 2.45) is 0 Å². The number of carbonyl (C=O) groups is 1. The van der Waals surface area contributed by atoms with Crippen LogP contribution in [0.25, 0.3) is 0 Å². The van der Waals surface area contributed by atoms with Crippen LogP contribution in [0.2, 0.25) is 0 Å². The quantitative estimate of drug-likeness (QED) is 0.861. The van der Waals surface area contributed by atoms with Gasteiger partial charge in [-0.3, -0.25) is 9.69 Å². The number of benzene rings is 1. The van der Waals surface area contributed by atoms with E-state index in [0.717, 1.165) is 41.8 Å². The number of carbonyl (C=O) groups excluding carboxylic acids is 1. The van der Waals surface area contributed by atoms with Crippen molar-refractivity contribution in [3.8, 4) is 5.75 Å². The van der Waals surface area contributed by atoms with E-state index in [1.165, 1.54) is 16.9 Å². The predicted octanol–water partition coefficient (Wildman–Crippen LogP) is 2.87. The maximum Gasteiger partial charge on any atom is 0.261 e. The van der Waals surface area contributed by atoms with Gasteiger partial charge in [-0.2, -0.15) is 0 Å². The summed E-state index contributed by atoms with van der Waals surface area (Å²) in [4.78, 5) is 16.7. The molecule has 1 aliphatic heterocycles. The Labute approximate surface area is 152 Å². The molecule has 2 heterocycles. The lowest BCUT2D eigenvalue weighted by molar-refractivity contribution is 0.0162. The van der Waals surface area contributed by atoms with Crippen molar-refractivity contribution < 1.29 is 14.3 Å². The summed E-state index contributed by atoms with van der Waals surface area (Å²) in [7, 11) is 1.66. The minimum absolute atomic E-state index is 0.00938. The fourth-order valence-electron chi connectivity index (χ4n) is 3.01. The Bertz CT molecular complexity index is 693. The first-order chi connectivity index (χ1) is 12.2. The zero-order valence-electron chi connectivity index (χ0n) is 14.7. The molecule has 1 aliphatic rings. The van der Waals surface area contributed by atoms with Crippen molar-refractivity contribution in [3.05, 3.63) is 51.7 Å². The van der Waals surface area contributed by atoms with Gasteiger partial charge in [0.15, 0.2) is 0 Å². The number of hydrogen-bond acceptors (Lipinski definition) is 5. The standard InChI is InChI=1S/C19H24N2O3S/c1-14-3-8-18(25-14)19(22)20-13-17(21-9-11-24-12-10-21)15-4-6-16(23-2)7-5-15/h3-8,17H,9-13H2,1-2H3,(H,20,22)/t17-/m1/s1. The molecule has 0 bridgehead atoms. The number of nitrogens with zero attached hydrogens (tertiary/aromatic N) is 1. The van der Waals surface area contributed by atoms with E-state index in [1.54, 1.807) is 7.11 Å². The van der Waals surface area contributed by atoms with E-state index < -0.39 is 0 Å². The van der Waals surface area contributed by atoms with Crippen LogP contribution in [0.1, 0.15) is 26.2 Å². The second-order valence-corrected chi connectivity index (χ2v) is 7.35. The van der Waals surface area contributed by atoms with E-state index in [0.29, 0.717) is 6.54 Å². The summed E-state index contributed by atoms with van der Waals surface area (Å²) in [6, 6.07) is 12.1. The fraction of sp³-hybridized carbons (Fsp3) is 0.421. The number of rotatable bonds is 6. The van der Waals surface area contributed by atoms with Gasteiger partial charge in [0.25, 0.3) is 5.91 Å². The summed E-state index contributed by atoms with van der Waals surface area (Å²) in [5.41, 5.74) is 1.17. The van der Waals surface area contributed by atoms with E-state index in [2.05, 4.69) is 22.3 Å². The Hall–Kier alpha value is -1.89. The Balaban J connectivity index is 1.72. The normalized spacial score (nSPS) is 16.4. The van der Waals surface area contributed by atoms with Crippen LogP contribution in [-0.4, -0.2) is 50.8 Å². The number of thiophene rings is 1. The molecule has 1 atom stereocenters. The maximum absolute atomic E-state index is 12.4. The molecule has 3 rings (SSSR count). The first-order valence-electron chi connectivity index (χ1n) is 8.48. The SMILES string of the molecule is COc1ccc([C@@H](CNC(=O)c2ccc(C)s2)N2CCOCC2)cc1. The molecule has 1 saturated heterocycles. The maximum atomic E-state index is 12.4. The van der Waals surface area contributed by atoms with E-state index in [1.807, 2.05) is 31.2 Å². The predicted molar refractivity (Wildman–Crippen MR) is 99.5 cm³/mol. The molecule has 0 saturated carbocycles. The molecular formula is C19H24N2O3S. The van der Waals surface area contributed by atoms with Crippen molar-refractivity contribution in [2.75, 3.05) is 40.0 Å². The second kappa shape index (κ2) is 8.47. The molecule has 0 aliphatic carbocycles. The van der Waals surface area contributed by atoms with Crippen molar-refractivity contribution in [1.82, 2.24) is 10.2 Å². The highest BCUT2D eigenvalue weighted by molar-refractivity contribution is 7.13. The smallest absolute Gasteiger partial charge is 0.261 e. The molecule has 5 nitrogen and oxygen atoms in total.